The van der Waals surface area contributed by atoms with Crippen LogP contribution in [0.25, 0.3) is 0 Å². The second kappa shape index (κ2) is 13.0. The molecule has 196 valence electrons. The highest BCUT2D eigenvalue weighted by atomic mass is 32.2. The molecule has 0 aliphatic carbocycles. The van der Waals surface area contributed by atoms with Crippen molar-refractivity contribution >= 4 is 22.1 Å². The van der Waals surface area contributed by atoms with Gasteiger partial charge in [-0.1, -0.05) is 78.9 Å². The first-order valence-electron chi connectivity index (χ1n) is 12.0. The summed E-state index contributed by atoms with van der Waals surface area (Å²) >= 11 is 0. The van der Waals surface area contributed by atoms with Crippen LogP contribution in [0.15, 0.2) is 95.9 Å². The van der Waals surface area contributed by atoms with Crippen LogP contribution in [0.1, 0.15) is 37.3 Å². The van der Waals surface area contributed by atoms with Crippen molar-refractivity contribution in [2.24, 2.45) is 0 Å². The van der Waals surface area contributed by atoms with Crippen molar-refractivity contribution in [1.82, 2.24) is 9.62 Å². The lowest BCUT2D eigenvalue weighted by atomic mass is 9.94. The zero-order valence-corrected chi connectivity index (χ0v) is 21.6. The van der Waals surface area contributed by atoms with Crippen LogP contribution in [-0.4, -0.2) is 42.0 Å². The minimum absolute atomic E-state index is 0.0289. The van der Waals surface area contributed by atoms with E-state index in [0.29, 0.717) is 18.4 Å². The average Bonchev–Trinajstić information content (AvgIpc) is 2.91. The van der Waals surface area contributed by atoms with Gasteiger partial charge in [0.1, 0.15) is 12.1 Å². The third kappa shape index (κ3) is 7.65. The standard InChI is InChI=1S/C28H32N2O6S/c1-28(26(31)32,19-11-12-20-29-27(33)36-22-24-15-7-3-8-16-24)30(21-23-13-5-2-6-14-23)37(34,35)25-17-9-4-10-18-25/h2-10,13-18H,11-12,19-22H2,1H3,(H,29,33)(H,31,32)/t28-/m0/s1. The fraction of sp³-hybridized carbons (Fsp3) is 0.286. The Morgan fingerprint density at radius 1 is 0.865 bits per heavy atom. The molecule has 0 spiro atoms. The van der Waals surface area contributed by atoms with Crippen LogP contribution in [0.2, 0.25) is 0 Å². The first kappa shape index (κ1) is 27.9. The number of hydrogen-bond donors (Lipinski definition) is 2. The molecule has 0 aliphatic heterocycles. The summed E-state index contributed by atoms with van der Waals surface area (Å²) in [7, 11) is -4.13. The van der Waals surface area contributed by atoms with Gasteiger partial charge in [0.05, 0.1) is 4.90 Å². The van der Waals surface area contributed by atoms with Crippen molar-refractivity contribution in [2.75, 3.05) is 6.54 Å². The molecule has 0 heterocycles. The van der Waals surface area contributed by atoms with E-state index in [9.17, 15) is 23.1 Å². The van der Waals surface area contributed by atoms with Gasteiger partial charge in [-0.15, -0.1) is 0 Å². The summed E-state index contributed by atoms with van der Waals surface area (Å²) in [6, 6.07) is 26.0. The van der Waals surface area contributed by atoms with Crippen molar-refractivity contribution in [3.05, 3.63) is 102 Å². The second-order valence-electron chi connectivity index (χ2n) is 8.83. The van der Waals surface area contributed by atoms with Crippen LogP contribution in [0.4, 0.5) is 4.79 Å². The molecular formula is C28H32N2O6S. The SMILES string of the molecule is C[C@](CCCCNC(=O)OCc1ccccc1)(C(=O)O)N(Cc1ccccc1)S(=O)(=O)c1ccccc1. The number of hydrogen-bond acceptors (Lipinski definition) is 5. The summed E-state index contributed by atoms with van der Waals surface area (Å²) in [5, 5.41) is 12.9. The van der Waals surface area contributed by atoms with Gasteiger partial charge in [-0.3, -0.25) is 4.79 Å². The van der Waals surface area contributed by atoms with Crippen LogP contribution in [0, 0.1) is 0 Å². The minimum Gasteiger partial charge on any atom is -0.480 e. The Hall–Kier alpha value is -3.69. The summed E-state index contributed by atoms with van der Waals surface area (Å²) < 4.78 is 33.5. The fourth-order valence-electron chi connectivity index (χ4n) is 3.89. The van der Waals surface area contributed by atoms with Crippen molar-refractivity contribution in [3.8, 4) is 0 Å². The zero-order chi connectivity index (χ0) is 26.7. The molecule has 9 heteroatoms. The molecule has 0 fully saturated rings. The number of rotatable bonds is 13. The second-order valence-corrected chi connectivity index (χ2v) is 10.7. The van der Waals surface area contributed by atoms with Gasteiger partial charge in [0, 0.05) is 13.1 Å². The summed E-state index contributed by atoms with van der Waals surface area (Å²) in [5.41, 5.74) is -0.163. The first-order valence-corrected chi connectivity index (χ1v) is 13.5. The number of unbranched alkanes of at least 4 members (excludes halogenated alkanes) is 1. The molecule has 0 saturated carbocycles. The number of carboxylic acid groups (broad SMARTS) is 1. The lowest BCUT2D eigenvalue weighted by Crippen LogP contribution is -2.54. The van der Waals surface area contributed by atoms with Gasteiger partial charge < -0.3 is 15.2 Å². The molecule has 3 aromatic carbocycles. The molecule has 0 aliphatic rings. The largest absolute Gasteiger partial charge is 0.480 e. The Kier molecular flexibility index (Phi) is 9.82. The maximum absolute atomic E-state index is 13.6. The number of alkyl carbamates (subject to hydrolysis) is 1. The molecular weight excluding hydrogens is 492 g/mol. The molecule has 0 bridgehead atoms. The highest BCUT2D eigenvalue weighted by Gasteiger charge is 2.46. The topological polar surface area (TPSA) is 113 Å². The maximum atomic E-state index is 13.6. The zero-order valence-electron chi connectivity index (χ0n) is 20.7. The molecule has 0 unspecified atom stereocenters. The number of nitrogens with one attached hydrogen (secondary N) is 1. The predicted molar refractivity (Wildman–Crippen MR) is 140 cm³/mol. The van der Waals surface area contributed by atoms with Gasteiger partial charge in [0.15, 0.2) is 0 Å². The number of benzene rings is 3. The number of carbonyl (C=O) groups is 2. The Morgan fingerprint density at radius 3 is 1.97 bits per heavy atom. The summed E-state index contributed by atoms with van der Waals surface area (Å²) in [6.45, 7) is 1.76. The van der Waals surface area contributed by atoms with Crippen LogP contribution in [0.5, 0.6) is 0 Å². The summed E-state index contributed by atoms with van der Waals surface area (Å²) in [5.74, 6) is -1.24. The van der Waals surface area contributed by atoms with Gasteiger partial charge in [-0.05, 0) is 49.4 Å². The molecule has 0 saturated heterocycles. The molecule has 1 atom stereocenters. The Balaban J connectivity index is 1.66. The number of amides is 1. The first-order chi connectivity index (χ1) is 17.7. The van der Waals surface area contributed by atoms with Gasteiger partial charge in [-0.2, -0.15) is 4.31 Å². The number of nitrogens with zero attached hydrogens (tertiary/aromatic N) is 1. The average molecular weight is 525 g/mol. The number of carbonyl (C=O) groups excluding carboxylic acids is 1. The summed E-state index contributed by atoms with van der Waals surface area (Å²) in [4.78, 5) is 24.5. The van der Waals surface area contributed by atoms with Gasteiger partial charge in [-0.25, -0.2) is 13.2 Å². The molecule has 8 nitrogen and oxygen atoms in total. The van der Waals surface area contributed by atoms with Crippen LogP contribution in [-0.2, 0) is 32.7 Å². The van der Waals surface area contributed by atoms with E-state index in [4.69, 9.17) is 4.74 Å². The number of aliphatic carboxylic acids is 1. The Labute approximate surface area is 217 Å². The molecule has 0 radical (unpaired) electrons. The minimum atomic E-state index is -4.13. The van der Waals surface area contributed by atoms with E-state index < -0.39 is 27.6 Å². The molecule has 0 aromatic heterocycles. The lowest BCUT2D eigenvalue weighted by molar-refractivity contribution is -0.148. The van der Waals surface area contributed by atoms with E-state index >= 15 is 0 Å². The number of ether oxygens (including phenoxy) is 1. The normalized spacial score (nSPS) is 13.0. The van der Waals surface area contributed by atoms with E-state index in [0.717, 1.165) is 9.87 Å². The van der Waals surface area contributed by atoms with Crippen molar-refractivity contribution in [1.29, 1.82) is 0 Å². The quantitative estimate of drug-likeness (QED) is 0.310. The highest BCUT2D eigenvalue weighted by Crippen LogP contribution is 2.31. The molecule has 1 amide bonds. The van der Waals surface area contributed by atoms with Gasteiger partial charge in [0.25, 0.3) is 0 Å². The van der Waals surface area contributed by atoms with E-state index in [-0.39, 0.29) is 31.0 Å². The maximum Gasteiger partial charge on any atom is 0.407 e. The number of sulfonamides is 1. The molecule has 3 aromatic rings. The lowest BCUT2D eigenvalue weighted by Gasteiger charge is -2.37. The monoisotopic (exact) mass is 524 g/mol. The summed E-state index contributed by atoms with van der Waals surface area (Å²) in [6.07, 6.45) is 0.315. The van der Waals surface area contributed by atoms with Crippen LogP contribution >= 0.6 is 0 Å². The number of carboxylic acids is 1. The molecule has 3 rings (SSSR count). The van der Waals surface area contributed by atoms with Crippen LogP contribution in [0.3, 0.4) is 0 Å². The van der Waals surface area contributed by atoms with Crippen molar-refractivity contribution < 1.29 is 27.9 Å². The van der Waals surface area contributed by atoms with E-state index in [1.807, 2.05) is 36.4 Å². The van der Waals surface area contributed by atoms with Crippen LogP contribution < -0.4 is 5.32 Å². The molecule has 2 N–H and O–H groups in total. The van der Waals surface area contributed by atoms with Gasteiger partial charge >= 0.3 is 12.1 Å². The third-order valence-electron chi connectivity index (χ3n) is 6.08. The predicted octanol–water partition coefficient (Wildman–Crippen LogP) is 4.82. The third-order valence-corrected chi connectivity index (χ3v) is 8.06. The highest BCUT2D eigenvalue weighted by molar-refractivity contribution is 7.89. The van der Waals surface area contributed by atoms with E-state index in [1.165, 1.54) is 19.1 Å². The van der Waals surface area contributed by atoms with Gasteiger partial charge in [0.2, 0.25) is 10.0 Å². The smallest absolute Gasteiger partial charge is 0.407 e. The Morgan fingerprint density at radius 2 is 1.41 bits per heavy atom. The van der Waals surface area contributed by atoms with Crippen molar-refractivity contribution in [3.63, 3.8) is 0 Å². The van der Waals surface area contributed by atoms with E-state index in [1.54, 1.807) is 42.5 Å². The van der Waals surface area contributed by atoms with E-state index in [2.05, 4.69) is 5.32 Å². The Bertz CT molecular complexity index is 1250. The fourth-order valence-corrected chi connectivity index (χ4v) is 5.67. The van der Waals surface area contributed by atoms with Crippen molar-refractivity contribution in [2.45, 2.75) is 49.8 Å². The molecule has 37 heavy (non-hydrogen) atoms.